The molecule has 2 N–H and O–H groups in total. The van der Waals surface area contributed by atoms with E-state index in [9.17, 15) is 8.42 Å². The summed E-state index contributed by atoms with van der Waals surface area (Å²) in [4.78, 5) is 0.138. The molecule has 0 bridgehead atoms. The van der Waals surface area contributed by atoms with Crippen LogP contribution in [0.2, 0.25) is 0 Å². The van der Waals surface area contributed by atoms with E-state index in [4.69, 9.17) is 10.3 Å². The Kier molecular flexibility index (Phi) is 3.25. The first kappa shape index (κ1) is 12.8. The summed E-state index contributed by atoms with van der Waals surface area (Å²) in [6.45, 7) is 1.83. The number of hydrogen-bond acceptors (Lipinski definition) is 4. The van der Waals surface area contributed by atoms with Crippen LogP contribution in [0, 0.1) is 6.92 Å². The molecule has 0 radical (unpaired) electrons. The molecule has 0 aliphatic rings. The molecule has 6 heteroatoms. The van der Waals surface area contributed by atoms with Gasteiger partial charge in [0.25, 0.3) is 10.0 Å². The molecule has 2 rings (SSSR count). The molecule has 0 atom stereocenters. The van der Waals surface area contributed by atoms with Crippen molar-refractivity contribution in [3.8, 4) is 11.3 Å². The monoisotopic (exact) mass is 266 g/mol. The summed E-state index contributed by atoms with van der Waals surface area (Å²) in [7, 11) is -2.34. The van der Waals surface area contributed by atoms with Gasteiger partial charge in [-0.15, -0.1) is 4.41 Å². The molecular weight excluding hydrogens is 252 g/mol. The molecule has 0 aliphatic carbocycles. The third-order valence-corrected chi connectivity index (χ3v) is 4.14. The number of furan rings is 1. The summed E-state index contributed by atoms with van der Waals surface area (Å²) in [6.07, 6.45) is 0. The second kappa shape index (κ2) is 4.56. The Balaban J connectivity index is 2.49. The van der Waals surface area contributed by atoms with Crippen LogP contribution in [0.5, 0.6) is 0 Å². The van der Waals surface area contributed by atoms with Gasteiger partial charge in [0.1, 0.15) is 11.5 Å². The van der Waals surface area contributed by atoms with E-state index in [0.29, 0.717) is 15.7 Å². The van der Waals surface area contributed by atoms with Crippen LogP contribution in [0.4, 0.5) is 0 Å². The Morgan fingerprint density at radius 1 is 1.22 bits per heavy atom. The quantitative estimate of drug-likeness (QED) is 0.678. The van der Waals surface area contributed by atoms with Crippen LogP contribution in [0.1, 0.15) is 5.76 Å². The number of hydrazine groups is 1. The number of nitrogens with zero attached hydrogens (tertiary/aromatic N) is 1. The molecule has 0 aliphatic heterocycles. The highest BCUT2D eigenvalue weighted by atomic mass is 32.2. The highest BCUT2D eigenvalue weighted by Gasteiger charge is 2.18. The fraction of sp³-hybridized carbons (Fsp3) is 0.167. The molecule has 0 spiro atoms. The second-order valence-corrected chi connectivity index (χ2v) is 5.96. The summed E-state index contributed by atoms with van der Waals surface area (Å²) in [5.41, 5.74) is 0.700. The Morgan fingerprint density at radius 3 is 2.50 bits per heavy atom. The largest absolute Gasteiger partial charge is 0.461 e. The molecule has 0 saturated carbocycles. The molecular formula is C12H14N2O3S. The summed E-state index contributed by atoms with van der Waals surface area (Å²) in [6, 6.07) is 10.1. The second-order valence-electron chi connectivity index (χ2n) is 3.96. The average molecular weight is 266 g/mol. The van der Waals surface area contributed by atoms with Gasteiger partial charge in [0.15, 0.2) is 0 Å². The first-order chi connectivity index (χ1) is 8.41. The van der Waals surface area contributed by atoms with Crippen LogP contribution >= 0.6 is 0 Å². The highest BCUT2D eigenvalue weighted by molar-refractivity contribution is 7.89. The highest BCUT2D eigenvalue weighted by Crippen LogP contribution is 2.24. The maximum Gasteiger partial charge on any atom is 0.255 e. The SMILES string of the molecule is Cc1ccc(-c2cccc(S(=O)(=O)N(C)N)c2)o1. The number of sulfonamides is 1. The number of aryl methyl sites for hydroxylation is 1. The molecule has 1 aromatic carbocycles. The standard InChI is InChI=1S/C12H14N2O3S/c1-9-6-7-12(17-9)10-4-3-5-11(8-10)18(15,16)14(2)13/h3-8H,13H2,1-2H3. The van der Waals surface area contributed by atoms with Crippen molar-refractivity contribution in [1.82, 2.24) is 4.41 Å². The molecule has 96 valence electrons. The van der Waals surface area contributed by atoms with Crippen LogP contribution in [-0.2, 0) is 10.0 Å². The van der Waals surface area contributed by atoms with Gasteiger partial charge in [0.2, 0.25) is 0 Å². The molecule has 0 amide bonds. The van der Waals surface area contributed by atoms with Crippen molar-refractivity contribution in [3.63, 3.8) is 0 Å². The number of hydrogen-bond donors (Lipinski definition) is 1. The van der Waals surface area contributed by atoms with E-state index in [1.165, 1.54) is 19.2 Å². The Morgan fingerprint density at radius 2 is 1.94 bits per heavy atom. The zero-order valence-electron chi connectivity index (χ0n) is 10.1. The van der Waals surface area contributed by atoms with Gasteiger partial charge in [-0.05, 0) is 31.2 Å². The topological polar surface area (TPSA) is 76.5 Å². The zero-order chi connectivity index (χ0) is 13.3. The lowest BCUT2D eigenvalue weighted by Crippen LogP contribution is -2.33. The lowest BCUT2D eigenvalue weighted by Gasteiger charge is -2.11. The number of nitrogens with two attached hydrogens (primary N) is 1. The average Bonchev–Trinajstić information content (AvgIpc) is 2.76. The number of benzene rings is 1. The lowest BCUT2D eigenvalue weighted by atomic mass is 10.2. The Bertz CT molecular complexity index is 659. The maximum atomic E-state index is 11.9. The molecule has 2 aromatic rings. The number of rotatable bonds is 3. The van der Waals surface area contributed by atoms with E-state index in [-0.39, 0.29) is 4.90 Å². The van der Waals surface area contributed by atoms with E-state index in [2.05, 4.69) is 0 Å². The van der Waals surface area contributed by atoms with Crippen LogP contribution < -0.4 is 5.84 Å². The fourth-order valence-electron chi connectivity index (χ4n) is 1.57. The summed E-state index contributed by atoms with van der Waals surface area (Å²) in [5.74, 6) is 6.72. The zero-order valence-corrected chi connectivity index (χ0v) is 10.9. The van der Waals surface area contributed by atoms with Crippen molar-refractivity contribution in [2.45, 2.75) is 11.8 Å². The van der Waals surface area contributed by atoms with Gasteiger partial charge >= 0.3 is 0 Å². The van der Waals surface area contributed by atoms with Gasteiger partial charge in [-0.1, -0.05) is 12.1 Å². The fourth-order valence-corrected chi connectivity index (χ4v) is 2.42. The third-order valence-electron chi connectivity index (χ3n) is 2.54. The van der Waals surface area contributed by atoms with Crippen LogP contribution in [0.3, 0.4) is 0 Å². The first-order valence-electron chi connectivity index (χ1n) is 5.32. The minimum Gasteiger partial charge on any atom is -0.461 e. The van der Waals surface area contributed by atoms with Crippen molar-refractivity contribution in [2.75, 3.05) is 7.05 Å². The lowest BCUT2D eigenvalue weighted by molar-refractivity contribution is 0.486. The Hall–Kier alpha value is -1.63. The smallest absolute Gasteiger partial charge is 0.255 e. The van der Waals surface area contributed by atoms with Gasteiger partial charge in [0, 0.05) is 12.6 Å². The van der Waals surface area contributed by atoms with E-state index in [1.807, 2.05) is 13.0 Å². The molecule has 0 saturated heterocycles. The van der Waals surface area contributed by atoms with Gasteiger partial charge in [-0.2, -0.15) is 0 Å². The van der Waals surface area contributed by atoms with Crippen molar-refractivity contribution < 1.29 is 12.8 Å². The predicted molar refractivity (Wildman–Crippen MR) is 68.0 cm³/mol. The van der Waals surface area contributed by atoms with E-state index in [1.54, 1.807) is 18.2 Å². The van der Waals surface area contributed by atoms with Crippen molar-refractivity contribution in [1.29, 1.82) is 0 Å². The summed E-state index contributed by atoms with van der Waals surface area (Å²) in [5, 5.41) is 0. The van der Waals surface area contributed by atoms with Crippen molar-refractivity contribution >= 4 is 10.0 Å². The van der Waals surface area contributed by atoms with Gasteiger partial charge in [0.05, 0.1) is 4.90 Å². The Labute approximate surface area is 106 Å². The van der Waals surface area contributed by atoms with Crippen LogP contribution in [0.15, 0.2) is 45.7 Å². The minimum atomic E-state index is -3.63. The summed E-state index contributed by atoms with van der Waals surface area (Å²) >= 11 is 0. The van der Waals surface area contributed by atoms with E-state index < -0.39 is 10.0 Å². The van der Waals surface area contributed by atoms with Crippen molar-refractivity contribution in [2.24, 2.45) is 5.84 Å². The van der Waals surface area contributed by atoms with Gasteiger partial charge < -0.3 is 4.42 Å². The third kappa shape index (κ3) is 2.31. The molecule has 1 aromatic heterocycles. The van der Waals surface area contributed by atoms with Gasteiger partial charge in [-0.25, -0.2) is 8.42 Å². The normalized spacial score (nSPS) is 12.0. The van der Waals surface area contributed by atoms with Crippen molar-refractivity contribution in [3.05, 3.63) is 42.2 Å². The summed E-state index contributed by atoms with van der Waals surface area (Å²) < 4.78 is 29.9. The first-order valence-corrected chi connectivity index (χ1v) is 6.76. The molecule has 1 heterocycles. The molecule has 0 fully saturated rings. The van der Waals surface area contributed by atoms with E-state index in [0.717, 1.165) is 5.76 Å². The maximum absolute atomic E-state index is 11.9. The van der Waals surface area contributed by atoms with Crippen LogP contribution in [-0.4, -0.2) is 19.9 Å². The molecule has 5 nitrogen and oxygen atoms in total. The molecule has 18 heavy (non-hydrogen) atoms. The predicted octanol–water partition coefficient (Wildman–Crippen LogP) is 1.75. The van der Waals surface area contributed by atoms with E-state index >= 15 is 0 Å². The minimum absolute atomic E-state index is 0.138. The molecule has 0 unspecified atom stereocenters. The van der Waals surface area contributed by atoms with Crippen LogP contribution in [0.25, 0.3) is 11.3 Å². The van der Waals surface area contributed by atoms with Gasteiger partial charge in [-0.3, -0.25) is 5.84 Å².